The topological polar surface area (TPSA) is 87.5 Å². The van der Waals surface area contributed by atoms with Gasteiger partial charge in [0, 0.05) is 0 Å². The van der Waals surface area contributed by atoms with Crippen LogP contribution in [0.25, 0.3) is 5.70 Å². The van der Waals surface area contributed by atoms with Crippen LogP contribution in [0, 0.1) is 0 Å². The van der Waals surface area contributed by atoms with Crippen LogP contribution in [0.4, 0.5) is 5.95 Å². The zero-order valence-corrected chi connectivity index (χ0v) is 22.2. The molecule has 10 heteroatoms. The summed E-state index contributed by atoms with van der Waals surface area (Å²) in [6.45, 7) is 2.58. The Morgan fingerprint density at radius 1 is 1.00 bits per heavy atom. The van der Waals surface area contributed by atoms with E-state index < -0.39 is 12.0 Å². The fourth-order valence-electron chi connectivity index (χ4n) is 4.30. The number of carbonyl (C=O) groups is 1. The van der Waals surface area contributed by atoms with E-state index in [4.69, 9.17) is 37.4 Å². The van der Waals surface area contributed by atoms with Crippen LogP contribution < -0.4 is 14.8 Å². The number of nitrogens with zero attached hydrogens (tertiary/aromatic N) is 3. The van der Waals surface area contributed by atoms with Crippen molar-refractivity contribution in [2.45, 2.75) is 19.6 Å². The first-order valence-corrected chi connectivity index (χ1v) is 12.6. The molecular weight excluding hydrogens is 527 g/mol. The van der Waals surface area contributed by atoms with Gasteiger partial charge in [-0.1, -0.05) is 65.7 Å². The zero-order chi connectivity index (χ0) is 26.6. The van der Waals surface area contributed by atoms with Crippen LogP contribution in [0.2, 0.25) is 10.0 Å². The molecule has 0 bridgehead atoms. The smallest absolute Gasteiger partial charge is 0.338 e. The highest BCUT2D eigenvalue weighted by atomic mass is 35.5. The molecule has 8 nitrogen and oxygen atoms in total. The first kappa shape index (κ1) is 25.6. The summed E-state index contributed by atoms with van der Waals surface area (Å²) in [6, 6.07) is 19.8. The maximum absolute atomic E-state index is 13.2. The summed E-state index contributed by atoms with van der Waals surface area (Å²) in [5.41, 5.74) is 3.42. The number of anilines is 1. The van der Waals surface area contributed by atoms with Crippen molar-refractivity contribution in [2.75, 3.05) is 19.0 Å². The number of aromatic nitrogens is 3. The van der Waals surface area contributed by atoms with E-state index in [9.17, 15) is 4.79 Å². The van der Waals surface area contributed by atoms with E-state index in [-0.39, 0.29) is 6.61 Å². The Hall–Kier alpha value is -4.01. The molecule has 5 rings (SSSR count). The van der Waals surface area contributed by atoms with Crippen LogP contribution in [-0.2, 0) is 16.1 Å². The Bertz CT molecular complexity index is 1500. The third-order valence-corrected chi connectivity index (χ3v) is 6.77. The van der Waals surface area contributed by atoms with Gasteiger partial charge < -0.3 is 19.5 Å². The molecule has 0 spiro atoms. The number of esters is 1. The predicted octanol–water partition coefficient (Wildman–Crippen LogP) is 6.16. The number of nitrogens with one attached hydrogen (secondary N) is 1. The number of rotatable bonds is 8. The van der Waals surface area contributed by atoms with Gasteiger partial charge in [-0.3, -0.25) is 0 Å². The fraction of sp³-hybridized carbons (Fsp3) is 0.179. The molecule has 0 aliphatic carbocycles. The van der Waals surface area contributed by atoms with E-state index in [1.54, 1.807) is 16.8 Å². The second-order valence-corrected chi connectivity index (χ2v) is 9.19. The van der Waals surface area contributed by atoms with Gasteiger partial charge in [-0.05, 0) is 47.9 Å². The molecule has 0 amide bonds. The number of hydrogen-bond donors (Lipinski definition) is 1. The highest BCUT2D eigenvalue weighted by Crippen LogP contribution is 2.41. The lowest BCUT2D eigenvalue weighted by molar-refractivity contribution is -0.136. The molecule has 2 heterocycles. The molecule has 1 N–H and O–H groups in total. The lowest BCUT2D eigenvalue weighted by atomic mass is 9.92. The number of benzene rings is 3. The Kier molecular flexibility index (Phi) is 7.53. The van der Waals surface area contributed by atoms with Crippen LogP contribution in [0.1, 0.15) is 29.7 Å². The largest absolute Gasteiger partial charge is 0.490 e. The van der Waals surface area contributed by atoms with Gasteiger partial charge in [0.1, 0.15) is 19.0 Å². The Balaban J connectivity index is 1.57. The Labute approximate surface area is 229 Å². The number of ether oxygens (including phenoxy) is 3. The van der Waals surface area contributed by atoms with Crippen LogP contribution in [0.5, 0.6) is 11.5 Å². The molecule has 0 radical (unpaired) electrons. The van der Waals surface area contributed by atoms with Crippen molar-refractivity contribution in [3.63, 3.8) is 0 Å². The van der Waals surface area contributed by atoms with Crippen molar-refractivity contribution in [3.05, 3.63) is 105 Å². The summed E-state index contributed by atoms with van der Waals surface area (Å²) in [7, 11) is 1.36. The highest BCUT2D eigenvalue weighted by molar-refractivity contribution is 6.42. The number of fused-ring (bicyclic) bond motifs is 1. The van der Waals surface area contributed by atoms with Gasteiger partial charge in [0.15, 0.2) is 11.5 Å². The summed E-state index contributed by atoms with van der Waals surface area (Å²) in [5, 5.41) is 8.59. The van der Waals surface area contributed by atoms with Crippen molar-refractivity contribution in [1.29, 1.82) is 0 Å². The predicted molar refractivity (Wildman–Crippen MR) is 146 cm³/mol. The Morgan fingerprint density at radius 3 is 2.55 bits per heavy atom. The summed E-state index contributed by atoms with van der Waals surface area (Å²) < 4.78 is 18.9. The van der Waals surface area contributed by atoms with E-state index in [2.05, 4.69) is 15.4 Å². The lowest BCUT2D eigenvalue weighted by Gasteiger charge is -2.29. The Morgan fingerprint density at radius 2 is 1.82 bits per heavy atom. The molecule has 3 aromatic carbocycles. The molecule has 1 aliphatic rings. The highest BCUT2D eigenvalue weighted by Gasteiger charge is 2.36. The quantitative estimate of drug-likeness (QED) is 0.263. The van der Waals surface area contributed by atoms with Crippen LogP contribution in [0.3, 0.4) is 0 Å². The number of halogens is 2. The molecule has 1 atom stereocenters. The molecule has 194 valence electrons. The molecular formula is C28H24Cl2N4O4. The third kappa shape index (κ3) is 5.05. The van der Waals surface area contributed by atoms with E-state index in [0.717, 1.165) is 16.7 Å². The van der Waals surface area contributed by atoms with Crippen molar-refractivity contribution in [2.24, 2.45) is 0 Å². The van der Waals surface area contributed by atoms with Crippen LogP contribution in [0.15, 0.2) is 78.6 Å². The number of methoxy groups -OCH3 is 1. The number of hydrogen-bond acceptors (Lipinski definition) is 7. The normalized spacial score (nSPS) is 14.5. The molecule has 0 fully saturated rings. The minimum Gasteiger partial charge on any atom is -0.490 e. The van der Waals surface area contributed by atoms with E-state index in [0.29, 0.717) is 45.4 Å². The van der Waals surface area contributed by atoms with Crippen molar-refractivity contribution in [1.82, 2.24) is 14.8 Å². The van der Waals surface area contributed by atoms with E-state index in [1.807, 2.05) is 61.5 Å². The third-order valence-electron chi connectivity index (χ3n) is 6.03. The van der Waals surface area contributed by atoms with Gasteiger partial charge in [0.05, 0.1) is 35.0 Å². The fourth-order valence-corrected chi connectivity index (χ4v) is 4.62. The zero-order valence-electron chi connectivity index (χ0n) is 20.7. The average molecular weight is 551 g/mol. The molecule has 1 aromatic heterocycles. The molecule has 0 saturated heterocycles. The van der Waals surface area contributed by atoms with Gasteiger partial charge in [0.2, 0.25) is 5.95 Å². The van der Waals surface area contributed by atoms with Crippen LogP contribution >= 0.6 is 23.2 Å². The standard InChI is InChI=1S/C28H24Cl2N4O4/c1-3-37-23-14-19(10-12-22(23)38-15-17-9-11-20(29)21(30)13-17)26-24(27(35)36-2)25(18-7-5-4-6-8-18)33-28-31-16-32-34(26)28/h4-14,16,26H,3,15H2,1-2H3,(H,31,32,33)/t26-/m0/s1. The summed E-state index contributed by atoms with van der Waals surface area (Å²) in [5.74, 6) is 1.08. The van der Waals surface area contributed by atoms with Gasteiger partial charge in [0.25, 0.3) is 0 Å². The minimum atomic E-state index is -0.625. The summed E-state index contributed by atoms with van der Waals surface area (Å²) >= 11 is 12.2. The molecule has 4 aromatic rings. The molecule has 0 saturated carbocycles. The molecule has 0 unspecified atom stereocenters. The van der Waals surface area contributed by atoms with Crippen molar-refractivity contribution in [3.8, 4) is 11.5 Å². The lowest BCUT2D eigenvalue weighted by Crippen LogP contribution is -2.29. The molecule has 1 aliphatic heterocycles. The SMILES string of the molecule is CCOc1cc([C@H]2C(C(=O)OC)=C(c3ccccc3)Nc3ncnn32)ccc1OCc1ccc(Cl)c(Cl)c1. The van der Waals surface area contributed by atoms with Gasteiger partial charge >= 0.3 is 5.97 Å². The first-order valence-electron chi connectivity index (χ1n) is 11.9. The van der Waals surface area contributed by atoms with Gasteiger partial charge in [-0.15, -0.1) is 0 Å². The second kappa shape index (κ2) is 11.2. The maximum atomic E-state index is 13.2. The van der Waals surface area contributed by atoms with Crippen molar-refractivity contribution < 1.29 is 19.0 Å². The monoisotopic (exact) mass is 550 g/mol. The maximum Gasteiger partial charge on any atom is 0.338 e. The minimum absolute atomic E-state index is 0.266. The second-order valence-electron chi connectivity index (χ2n) is 8.38. The van der Waals surface area contributed by atoms with E-state index >= 15 is 0 Å². The summed E-state index contributed by atoms with van der Waals surface area (Å²) in [6.07, 6.45) is 1.44. The van der Waals surface area contributed by atoms with Crippen LogP contribution in [-0.4, -0.2) is 34.5 Å². The molecule has 38 heavy (non-hydrogen) atoms. The number of carbonyl (C=O) groups excluding carboxylic acids is 1. The van der Waals surface area contributed by atoms with Gasteiger partial charge in [-0.25, -0.2) is 9.48 Å². The van der Waals surface area contributed by atoms with E-state index in [1.165, 1.54) is 13.4 Å². The first-order chi connectivity index (χ1) is 18.5. The van der Waals surface area contributed by atoms with Crippen molar-refractivity contribution >= 4 is 40.8 Å². The average Bonchev–Trinajstić information content (AvgIpc) is 3.42. The summed E-state index contributed by atoms with van der Waals surface area (Å²) in [4.78, 5) is 17.6. The van der Waals surface area contributed by atoms with Gasteiger partial charge in [-0.2, -0.15) is 10.1 Å².